The van der Waals surface area contributed by atoms with Crippen LogP contribution in [0.1, 0.15) is 11.1 Å². The van der Waals surface area contributed by atoms with Crippen molar-refractivity contribution in [1.82, 2.24) is 0 Å². The van der Waals surface area contributed by atoms with Crippen LogP contribution in [0.25, 0.3) is 0 Å². The van der Waals surface area contributed by atoms with Crippen molar-refractivity contribution in [2.75, 3.05) is 0 Å². The fraction of sp³-hybridized carbons (Fsp3) is 0.0714. The summed E-state index contributed by atoms with van der Waals surface area (Å²) >= 11 is 0. The second-order valence-electron chi connectivity index (χ2n) is 4.24. The molecule has 6 heteroatoms. The van der Waals surface area contributed by atoms with Crippen LogP contribution in [0.4, 0.5) is 12.9 Å². The van der Waals surface area contributed by atoms with Gasteiger partial charge in [0.05, 0.1) is 11.6 Å². The van der Waals surface area contributed by atoms with Gasteiger partial charge in [0.1, 0.15) is 12.4 Å². The average molecular weight is 276 g/mol. The number of ether oxygens (including phenoxy) is 1. The second-order valence-corrected chi connectivity index (χ2v) is 4.24. The maximum absolute atomic E-state index is 12.4. The predicted molar refractivity (Wildman–Crippen MR) is 70.6 cm³/mol. The van der Waals surface area contributed by atoms with Crippen LogP contribution in [0.5, 0.6) is 5.75 Å². The van der Waals surface area contributed by atoms with E-state index >= 15 is 0 Å². The standard InChI is InChI=1S/C14H10BF3NO/c16-15(17,18)13-4-6-14(7-5-13)20-10-12-3-1-2-11(8-12)9-19/h1-8H,10H2/q-1. The lowest BCUT2D eigenvalue weighted by Crippen LogP contribution is -2.33. The fourth-order valence-electron chi connectivity index (χ4n) is 1.68. The van der Waals surface area contributed by atoms with Crippen molar-refractivity contribution in [2.45, 2.75) is 6.61 Å². The zero-order valence-electron chi connectivity index (χ0n) is 10.4. The van der Waals surface area contributed by atoms with Crippen LogP contribution in [-0.2, 0) is 6.61 Å². The Bertz CT molecular complexity index is 632. The quantitative estimate of drug-likeness (QED) is 0.803. The van der Waals surface area contributed by atoms with Gasteiger partial charge < -0.3 is 17.7 Å². The average Bonchev–Trinajstić information content (AvgIpc) is 2.45. The van der Waals surface area contributed by atoms with E-state index in [1.807, 2.05) is 6.07 Å². The topological polar surface area (TPSA) is 33.0 Å². The molecule has 0 aliphatic heterocycles. The molecule has 102 valence electrons. The Hall–Kier alpha value is -2.42. The number of nitrogens with zero attached hydrogens (tertiary/aromatic N) is 1. The van der Waals surface area contributed by atoms with Crippen molar-refractivity contribution in [2.24, 2.45) is 0 Å². The van der Waals surface area contributed by atoms with Crippen LogP contribution in [0, 0.1) is 11.3 Å². The summed E-state index contributed by atoms with van der Waals surface area (Å²) in [5, 5.41) is 8.76. The van der Waals surface area contributed by atoms with Crippen LogP contribution in [0.2, 0.25) is 0 Å². The van der Waals surface area contributed by atoms with Gasteiger partial charge in [0, 0.05) is 0 Å². The summed E-state index contributed by atoms with van der Waals surface area (Å²) in [5.41, 5.74) is 0.651. The number of hydrogen-bond donors (Lipinski definition) is 0. The Morgan fingerprint density at radius 2 is 1.75 bits per heavy atom. The van der Waals surface area contributed by atoms with Crippen molar-refractivity contribution in [1.29, 1.82) is 5.26 Å². The first kappa shape index (κ1) is 14.0. The van der Waals surface area contributed by atoms with Crippen LogP contribution >= 0.6 is 0 Å². The van der Waals surface area contributed by atoms with E-state index < -0.39 is 12.4 Å². The fourth-order valence-corrected chi connectivity index (χ4v) is 1.68. The maximum Gasteiger partial charge on any atom is 0.509 e. The molecular formula is C14H10BF3NO-. The smallest absolute Gasteiger partial charge is 0.489 e. The number of halogens is 3. The predicted octanol–water partition coefficient (Wildman–Crippen LogP) is 3.19. The molecule has 0 aliphatic rings. The van der Waals surface area contributed by atoms with E-state index in [4.69, 9.17) is 10.00 Å². The summed E-state index contributed by atoms with van der Waals surface area (Å²) in [6, 6.07) is 13.5. The van der Waals surface area contributed by atoms with Crippen molar-refractivity contribution in [3.8, 4) is 11.8 Å². The molecule has 2 rings (SSSR count). The lowest BCUT2D eigenvalue weighted by atomic mass is 9.80. The van der Waals surface area contributed by atoms with Crippen LogP contribution in [0.3, 0.4) is 0 Å². The molecule has 0 bridgehead atoms. The Labute approximate surface area is 114 Å². The molecule has 0 saturated carbocycles. The zero-order valence-corrected chi connectivity index (χ0v) is 10.4. The van der Waals surface area contributed by atoms with Gasteiger partial charge in [0.25, 0.3) is 0 Å². The molecule has 0 unspecified atom stereocenters. The Morgan fingerprint density at radius 3 is 2.35 bits per heavy atom. The summed E-state index contributed by atoms with van der Waals surface area (Å²) < 4.78 is 42.7. The number of hydrogen-bond acceptors (Lipinski definition) is 2. The van der Waals surface area contributed by atoms with E-state index in [1.165, 1.54) is 12.1 Å². The second kappa shape index (κ2) is 5.70. The molecule has 0 spiro atoms. The molecule has 0 atom stereocenters. The molecule has 20 heavy (non-hydrogen) atoms. The molecule has 0 aliphatic carbocycles. The van der Waals surface area contributed by atoms with Gasteiger partial charge in [-0.05, 0) is 29.8 Å². The molecule has 0 aromatic heterocycles. The Morgan fingerprint density at radius 1 is 1.05 bits per heavy atom. The minimum absolute atomic E-state index is 0.200. The SMILES string of the molecule is N#Cc1cccc(COc2ccc([B-](F)(F)F)cc2)c1. The first-order valence-electron chi connectivity index (χ1n) is 5.91. The third-order valence-corrected chi connectivity index (χ3v) is 2.72. The van der Waals surface area contributed by atoms with Gasteiger partial charge in [-0.1, -0.05) is 24.3 Å². The van der Waals surface area contributed by atoms with Gasteiger partial charge in [-0.15, -0.1) is 5.46 Å². The van der Waals surface area contributed by atoms with Crippen molar-refractivity contribution in [3.63, 3.8) is 0 Å². The number of benzene rings is 2. The van der Waals surface area contributed by atoms with E-state index in [0.717, 1.165) is 17.7 Å². The van der Waals surface area contributed by atoms with E-state index in [1.54, 1.807) is 24.3 Å². The molecule has 0 fully saturated rings. The third-order valence-electron chi connectivity index (χ3n) is 2.72. The summed E-state index contributed by atoms with van der Waals surface area (Å²) in [4.78, 5) is 0. The van der Waals surface area contributed by atoms with Crippen LogP contribution in [0.15, 0.2) is 48.5 Å². The largest absolute Gasteiger partial charge is 0.509 e. The highest BCUT2D eigenvalue weighted by atomic mass is 19.4. The number of nitriles is 1. The lowest BCUT2D eigenvalue weighted by Gasteiger charge is -2.15. The first-order chi connectivity index (χ1) is 9.49. The third kappa shape index (κ3) is 3.54. The monoisotopic (exact) mass is 276 g/mol. The highest BCUT2D eigenvalue weighted by molar-refractivity contribution is 6.73. The molecule has 0 saturated heterocycles. The van der Waals surface area contributed by atoms with Crippen molar-refractivity contribution < 1.29 is 17.7 Å². The van der Waals surface area contributed by atoms with Gasteiger partial charge in [-0.3, -0.25) is 0 Å². The van der Waals surface area contributed by atoms with Gasteiger partial charge in [-0.25, -0.2) is 0 Å². The van der Waals surface area contributed by atoms with E-state index in [2.05, 4.69) is 0 Å². The molecule has 0 amide bonds. The Balaban J connectivity index is 2.02. The summed E-state index contributed by atoms with van der Waals surface area (Å²) in [7, 11) is 0. The van der Waals surface area contributed by atoms with Gasteiger partial charge in [0.15, 0.2) is 0 Å². The Kier molecular flexibility index (Phi) is 3.99. The van der Waals surface area contributed by atoms with Crippen molar-refractivity contribution >= 4 is 12.4 Å². The van der Waals surface area contributed by atoms with Crippen LogP contribution < -0.4 is 10.2 Å². The highest BCUT2D eigenvalue weighted by Crippen LogP contribution is 2.15. The molecule has 2 aromatic rings. The molecule has 0 heterocycles. The van der Waals surface area contributed by atoms with E-state index in [-0.39, 0.29) is 6.61 Å². The van der Waals surface area contributed by atoms with Gasteiger partial charge in [0.2, 0.25) is 0 Å². The van der Waals surface area contributed by atoms with Crippen molar-refractivity contribution in [3.05, 3.63) is 59.7 Å². The molecule has 0 N–H and O–H groups in total. The maximum atomic E-state index is 12.4. The molecule has 2 nitrogen and oxygen atoms in total. The van der Waals surface area contributed by atoms with E-state index in [0.29, 0.717) is 11.3 Å². The molecular weight excluding hydrogens is 266 g/mol. The molecule has 2 aromatic carbocycles. The summed E-state index contributed by atoms with van der Waals surface area (Å²) in [6.07, 6.45) is 0. The van der Waals surface area contributed by atoms with Gasteiger partial charge >= 0.3 is 6.98 Å². The summed E-state index contributed by atoms with van der Waals surface area (Å²) in [5.74, 6) is 0.358. The normalized spacial score (nSPS) is 10.9. The number of rotatable bonds is 4. The minimum Gasteiger partial charge on any atom is -0.489 e. The summed E-state index contributed by atoms with van der Waals surface area (Å²) in [6.45, 7) is -4.78. The minimum atomic E-state index is -4.98. The van der Waals surface area contributed by atoms with Gasteiger partial charge in [-0.2, -0.15) is 5.26 Å². The van der Waals surface area contributed by atoms with Crippen LogP contribution in [-0.4, -0.2) is 6.98 Å². The molecule has 0 radical (unpaired) electrons. The zero-order chi connectivity index (χ0) is 14.6. The lowest BCUT2D eigenvalue weighted by molar-refractivity contribution is 0.306. The van der Waals surface area contributed by atoms with E-state index in [9.17, 15) is 12.9 Å². The highest BCUT2D eigenvalue weighted by Gasteiger charge is 2.24. The first-order valence-corrected chi connectivity index (χ1v) is 5.91.